The van der Waals surface area contributed by atoms with Crippen molar-refractivity contribution in [3.8, 4) is 5.75 Å². The maximum atomic E-state index is 10.4. The van der Waals surface area contributed by atoms with Gasteiger partial charge in [-0.15, -0.1) is 0 Å². The molecule has 1 heterocycles. The smallest absolute Gasteiger partial charge is 0.121 e. The Morgan fingerprint density at radius 3 is 2.29 bits per heavy atom. The summed E-state index contributed by atoms with van der Waals surface area (Å²) in [6.07, 6.45) is -5.81. The van der Waals surface area contributed by atoms with Crippen LogP contribution in [0, 0.1) is 20.4 Å². The Kier molecular flexibility index (Phi) is 9.70. The first-order chi connectivity index (χ1) is 12.4. The van der Waals surface area contributed by atoms with Crippen LogP contribution in [0.25, 0.3) is 0 Å². The summed E-state index contributed by atoms with van der Waals surface area (Å²) in [4.78, 5) is 0. The number of phenolic OH excluding ortho intramolecular Hbond substituents is 1. The number of aromatic hydroxyl groups is 1. The molecule has 3 rings (SSSR count). The summed E-state index contributed by atoms with van der Waals surface area (Å²) in [6, 6.07) is 13.8. The first kappa shape index (κ1) is 25.2. The Balaban J connectivity index is 0.00000196. The average Bonchev–Trinajstić information content (AvgIpc) is 2.64. The Hall–Kier alpha value is -0.856. The molecular formula is C21H26O6Y-2. The van der Waals surface area contributed by atoms with Gasteiger partial charge in [-0.1, -0.05) is 0 Å². The van der Waals surface area contributed by atoms with Crippen molar-refractivity contribution in [1.82, 2.24) is 0 Å². The van der Waals surface area contributed by atoms with Crippen LogP contribution in [-0.2, 0) is 43.9 Å². The summed E-state index contributed by atoms with van der Waals surface area (Å²) >= 11 is 0. The molecule has 1 aliphatic rings. The fourth-order valence-corrected chi connectivity index (χ4v) is 3.29. The zero-order valence-electron chi connectivity index (χ0n) is 16.0. The number of aliphatic hydroxyl groups excluding tert-OH is 4. The van der Waals surface area contributed by atoms with E-state index in [0.717, 1.165) is 16.7 Å². The molecule has 2 aromatic rings. The van der Waals surface area contributed by atoms with E-state index in [0.29, 0.717) is 12.0 Å². The van der Waals surface area contributed by atoms with Crippen LogP contribution in [0.5, 0.6) is 5.75 Å². The third-order valence-electron chi connectivity index (χ3n) is 4.87. The van der Waals surface area contributed by atoms with Gasteiger partial charge in [0.15, 0.2) is 0 Å². The van der Waals surface area contributed by atoms with Crippen molar-refractivity contribution in [2.45, 2.75) is 43.9 Å². The van der Waals surface area contributed by atoms with Crippen molar-refractivity contribution in [2.24, 2.45) is 0 Å². The van der Waals surface area contributed by atoms with Crippen molar-refractivity contribution >= 4 is 0 Å². The molecule has 0 aliphatic carbocycles. The van der Waals surface area contributed by atoms with Gasteiger partial charge in [-0.05, 0) is 36.6 Å². The van der Waals surface area contributed by atoms with Crippen LogP contribution in [-0.4, -0.2) is 56.6 Å². The Bertz CT molecular complexity index is 752. The number of hydrogen-bond acceptors (Lipinski definition) is 6. The summed E-state index contributed by atoms with van der Waals surface area (Å²) in [7, 11) is 0. The van der Waals surface area contributed by atoms with Crippen LogP contribution in [0.3, 0.4) is 0 Å². The van der Waals surface area contributed by atoms with Crippen molar-refractivity contribution in [1.29, 1.82) is 0 Å². The van der Waals surface area contributed by atoms with Gasteiger partial charge >= 0.3 is 0 Å². The summed E-state index contributed by atoms with van der Waals surface area (Å²) < 4.78 is 5.57. The number of hydrogen-bond donors (Lipinski definition) is 5. The fraction of sp³-hybridized carbons (Fsp3) is 0.381. The second-order valence-corrected chi connectivity index (χ2v) is 6.67. The van der Waals surface area contributed by atoms with Gasteiger partial charge in [-0.3, -0.25) is 0 Å². The maximum Gasteiger partial charge on any atom is 0.121 e. The predicted octanol–water partition coefficient (Wildman–Crippen LogP) is 1.05. The van der Waals surface area contributed by atoms with Gasteiger partial charge in [-0.25, -0.2) is 0 Å². The van der Waals surface area contributed by atoms with Gasteiger partial charge in [0.2, 0.25) is 0 Å². The quantitative estimate of drug-likeness (QED) is 0.434. The van der Waals surface area contributed by atoms with Crippen LogP contribution in [0.2, 0.25) is 0 Å². The van der Waals surface area contributed by atoms with Gasteiger partial charge in [0.05, 0.1) is 6.61 Å². The summed E-state index contributed by atoms with van der Waals surface area (Å²) in [6.45, 7) is 1.36. The van der Waals surface area contributed by atoms with E-state index in [1.165, 1.54) is 0 Å². The minimum Gasteiger partial charge on any atom is -0.508 e. The number of rotatable bonds is 4. The molecule has 5 N–H and O–H groups in total. The molecule has 1 radical (unpaired) electrons. The first-order valence-electron chi connectivity index (χ1n) is 8.50. The number of phenols is 1. The normalized spacial score (nSPS) is 26.8. The van der Waals surface area contributed by atoms with Crippen molar-refractivity contribution < 1.29 is 63.0 Å². The molecule has 28 heavy (non-hydrogen) atoms. The molecule has 1 saturated heterocycles. The Morgan fingerprint density at radius 1 is 1.04 bits per heavy atom. The van der Waals surface area contributed by atoms with E-state index in [1.54, 1.807) is 12.1 Å². The largest absolute Gasteiger partial charge is 0.508 e. The molecule has 0 amide bonds. The third kappa shape index (κ3) is 5.19. The molecule has 6 nitrogen and oxygen atoms in total. The fourth-order valence-electron chi connectivity index (χ4n) is 3.29. The predicted molar refractivity (Wildman–Crippen MR) is 100 cm³/mol. The standard InChI is InChI=1S/C20H23O6.CH3.Y/c1-11-7-15(22)14(9-13(11)8-12-5-3-2-4-6-12)20-19(25)18(24)17(23)16(10-21)26-20;;/h3-7,9,16-25H,8,10H2,1H3;1H3;/q2*-1;/t16-,17+,18+,19-,20+;;/m1../s1. The molecule has 0 saturated carbocycles. The number of benzene rings is 2. The molecule has 5 atom stereocenters. The molecule has 1 fully saturated rings. The van der Waals surface area contributed by atoms with E-state index < -0.39 is 37.1 Å². The van der Waals surface area contributed by atoms with Gasteiger partial charge < -0.3 is 37.7 Å². The van der Waals surface area contributed by atoms with E-state index in [1.807, 2.05) is 31.2 Å². The van der Waals surface area contributed by atoms with Crippen molar-refractivity contribution in [3.05, 3.63) is 72.1 Å². The van der Waals surface area contributed by atoms with E-state index in [9.17, 15) is 25.5 Å². The molecule has 0 aromatic heterocycles. The van der Waals surface area contributed by atoms with E-state index in [2.05, 4.69) is 6.07 Å². The molecule has 1 aliphatic heterocycles. The van der Waals surface area contributed by atoms with E-state index >= 15 is 0 Å². The molecular weight excluding hydrogens is 437 g/mol. The van der Waals surface area contributed by atoms with Gasteiger partial charge in [0, 0.05) is 38.3 Å². The SMILES string of the molecule is Cc1cc(O)c([C@@H]2O[C@H](CO)[C@H](O)[C@H](O)[C@H]2O)cc1Cc1cc[c-]cc1.[CH3-].[Y]. The van der Waals surface area contributed by atoms with Crippen LogP contribution in [0.4, 0.5) is 0 Å². The molecule has 7 heteroatoms. The zero-order valence-corrected chi connectivity index (χ0v) is 18.8. The minimum absolute atomic E-state index is 0. The van der Waals surface area contributed by atoms with Crippen molar-refractivity contribution in [2.75, 3.05) is 6.61 Å². The molecule has 0 unspecified atom stereocenters. The summed E-state index contributed by atoms with van der Waals surface area (Å²) in [5.41, 5.74) is 3.19. The van der Waals surface area contributed by atoms with Crippen LogP contribution in [0.15, 0.2) is 36.4 Å². The third-order valence-corrected chi connectivity index (χ3v) is 4.87. The molecule has 2 aromatic carbocycles. The monoisotopic (exact) mass is 463 g/mol. The zero-order chi connectivity index (χ0) is 18.8. The van der Waals surface area contributed by atoms with Crippen LogP contribution in [0.1, 0.15) is 28.4 Å². The van der Waals surface area contributed by atoms with E-state index in [-0.39, 0.29) is 45.9 Å². The Labute approximate surface area is 190 Å². The van der Waals surface area contributed by atoms with Gasteiger partial charge in [0.25, 0.3) is 0 Å². The number of aryl methyl sites for hydroxylation is 1. The topological polar surface area (TPSA) is 110 Å². The molecule has 0 spiro atoms. The summed E-state index contributed by atoms with van der Waals surface area (Å²) in [5.74, 6) is -0.0722. The average molecular weight is 463 g/mol. The maximum absolute atomic E-state index is 10.4. The molecule has 151 valence electrons. The second kappa shape index (κ2) is 10.8. The second-order valence-electron chi connectivity index (χ2n) is 6.67. The van der Waals surface area contributed by atoms with E-state index in [4.69, 9.17) is 4.74 Å². The summed E-state index contributed by atoms with van der Waals surface area (Å²) in [5, 5.41) is 50.0. The first-order valence-corrected chi connectivity index (χ1v) is 8.50. The minimum atomic E-state index is -1.49. The van der Waals surface area contributed by atoms with Crippen LogP contribution < -0.4 is 0 Å². The molecule has 0 bridgehead atoms. The van der Waals surface area contributed by atoms with Crippen LogP contribution >= 0.6 is 0 Å². The number of ether oxygens (including phenoxy) is 1. The van der Waals surface area contributed by atoms with Gasteiger partial charge in [0.1, 0.15) is 36.3 Å². The van der Waals surface area contributed by atoms with Crippen molar-refractivity contribution in [3.63, 3.8) is 0 Å². The number of aliphatic hydroxyl groups is 4. The van der Waals surface area contributed by atoms with Gasteiger partial charge in [-0.2, -0.15) is 35.9 Å². The Morgan fingerprint density at radius 2 is 1.68 bits per heavy atom.